The zero-order valence-corrected chi connectivity index (χ0v) is 12.4. The van der Waals surface area contributed by atoms with Crippen LogP contribution in [-0.4, -0.2) is 30.0 Å². The first-order valence-electron chi connectivity index (χ1n) is 6.82. The average Bonchev–Trinajstić information content (AvgIpc) is 2.46. The fraction of sp³-hybridized carbons (Fsp3) is 0.467. The quantitative estimate of drug-likeness (QED) is 0.892. The lowest BCUT2D eigenvalue weighted by Gasteiger charge is -2.21. The van der Waals surface area contributed by atoms with Gasteiger partial charge in [0, 0.05) is 5.25 Å². The number of aryl methyl sites for hydroxylation is 1. The molecule has 0 atom stereocenters. The number of thioether (sulfide) groups is 1. The molecule has 1 aliphatic heterocycles. The third kappa shape index (κ3) is 3.99. The van der Waals surface area contributed by atoms with E-state index in [0.717, 1.165) is 31.5 Å². The predicted octanol–water partition coefficient (Wildman–Crippen LogP) is 2.29. The van der Waals surface area contributed by atoms with E-state index >= 15 is 0 Å². The Bertz CT molecular complexity index is 518. The van der Waals surface area contributed by atoms with E-state index in [1.165, 1.54) is 0 Å². The van der Waals surface area contributed by atoms with Crippen LogP contribution in [0.15, 0.2) is 18.2 Å². The summed E-state index contributed by atoms with van der Waals surface area (Å²) in [6, 6.07) is 7.65. The molecule has 2 rings (SSSR count). The Balaban J connectivity index is 1.88. The Morgan fingerprint density at radius 2 is 2.25 bits per heavy atom. The molecule has 2 N–H and O–H groups in total. The summed E-state index contributed by atoms with van der Waals surface area (Å²) < 4.78 is 0. The first-order valence-corrected chi connectivity index (χ1v) is 7.87. The largest absolute Gasteiger partial charge is 0.324 e. The number of nitriles is 1. The Hall–Kier alpha value is -1.51. The second-order valence-electron chi connectivity index (χ2n) is 4.92. The number of rotatable bonds is 4. The van der Waals surface area contributed by atoms with E-state index < -0.39 is 0 Å². The van der Waals surface area contributed by atoms with E-state index in [1.807, 2.05) is 19.1 Å². The van der Waals surface area contributed by atoms with E-state index in [4.69, 9.17) is 5.26 Å². The maximum absolute atomic E-state index is 12.0. The smallest absolute Gasteiger partial charge is 0.234 e. The van der Waals surface area contributed by atoms with Crippen LogP contribution in [-0.2, 0) is 4.79 Å². The van der Waals surface area contributed by atoms with Crippen molar-refractivity contribution in [3.8, 4) is 6.07 Å². The van der Waals surface area contributed by atoms with Gasteiger partial charge in [0.1, 0.15) is 6.07 Å². The van der Waals surface area contributed by atoms with Gasteiger partial charge in [-0.2, -0.15) is 5.26 Å². The first kappa shape index (κ1) is 14.9. The number of hydrogen-bond donors (Lipinski definition) is 2. The topological polar surface area (TPSA) is 64.9 Å². The van der Waals surface area contributed by atoms with Crippen molar-refractivity contribution in [2.45, 2.75) is 25.0 Å². The van der Waals surface area contributed by atoms with Crippen molar-refractivity contribution in [1.82, 2.24) is 5.32 Å². The third-order valence-corrected chi connectivity index (χ3v) is 4.77. The molecule has 1 heterocycles. The van der Waals surface area contributed by atoms with Gasteiger partial charge in [0.2, 0.25) is 5.91 Å². The number of hydrogen-bond acceptors (Lipinski definition) is 4. The number of piperidine rings is 1. The number of benzene rings is 1. The highest BCUT2D eigenvalue weighted by atomic mass is 32.2. The molecule has 0 aliphatic carbocycles. The lowest BCUT2D eigenvalue weighted by atomic mass is 10.1. The Labute approximate surface area is 123 Å². The fourth-order valence-corrected chi connectivity index (χ4v) is 3.29. The number of carbonyl (C=O) groups is 1. The second-order valence-corrected chi connectivity index (χ2v) is 6.21. The molecule has 5 heteroatoms. The van der Waals surface area contributed by atoms with Crippen molar-refractivity contribution >= 4 is 23.4 Å². The van der Waals surface area contributed by atoms with E-state index in [-0.39, 0.29) is 5.91 Å². The molecule has 0 spiro atoms. The van der Waals surface area contributed by atoms with Crippen LogP contribution < -0.4 is 10.6 Å². The summed E-state index contributed by atoms with van der Waals surface area (Å²) in [6.07, 6.45) is 2.23. The van der Waals surface area contributed by atoms with Crippen molar-refractivity contribution in [3.63, 3.8) is 0 Å². The summed E-state index contributed by atoms with van der Waals surface area (Å²) in [5, 5.41) is 15.9. The fourth-order valence-electron chi connectivity index (χ4n) is 2.26. The van der Waals surface area contributed by atoms with Gasteiger partial charge in [-0.15, -0.1) is 11.8 Å². The zero-order valence-electron chi connectivity index (χ0n) is 11.6. The number of carbonyl (C=O) groups excluding carboxylic acids is 1. The van der Waals surface area contributed by atoms with Crippen molar-refractivity contribution in [1.29, 1.82) is 5.26 Å². The standard InChI is InChI=1S/C15H19N3OS/c1-11-3-2-4-14(13(11)9-16)18-15(19)10-20-12-5-7-17-8-6-12/h2-4,12,17H,5-8,10H2,1H3,(H,18,19). The van der Waals surface area contributed by atoms with Crippen LogP contribution >= 0.6 is 11.8 Å². The van der Waals surface area contributed by atoms with Crippen LogP contribution in [0.2, 0.25) is 0 Å². The summed E-state index contributed by atoms with van der Waals surface area (Å²) in [6.45, 7) is 3.95. The Kier molecular flexibility index (Phi) is 5.45. The minimum Gasteiger partial charge on any atom is -0.324 e. The number of anilines is 1. The van der Waals surface area contributed by atoms with Crippen molar-refractivity contribution < 1.29 is 4.79 Å². The minimum absolute atomic E-state index is 0.0318. The lowest BCUT2D eigenvalue weighted by Crippen LogP contribution is -2.30. The van der Waals surface area contributed by atoms with Crippen LogP contribution in [0.1, 0.15) is 24.0 Å². The van der Waals surface area contributed by atoms with Gasteiger partial charge in [0.25, 0.3) is 0 Å². The van der Waals surface area contributed by atoms with Gasteiger partial charge in [-0.1, -0.05) is 12.1 Å². The molecule has 1 aromatic carbocycles. The molecule has 1 saturated heterocycles. The lowest BCUT2D eigenvalue weighted by molar-refractivity contribution is -0.113. The van der Waals surface area contributed by atoms with E-state index in [0.29, 0.717) is 22.3 Å². The van der Waals surface area contributed by atoms with Crippen LogP contribution in [0.3, 0.4) is 0 Å². The number of nitrogens with one attached hydrogen (secondary N) is 2. The predicted molar refractivity (Wildman–Crippen MR) is 82.9 cm³/mol. The molecule has 106 valence electrons. The molecule has 0 radical (unpaired) electrons. The van der Waals surface area contributed by atoms with Crippen LogP contribution in [0, 0.1) is 18.3 Å². The monoisotopic (exact) mass is 289 g/mol. The van der Waals surface area contributed by atoms with Crippen molar-refractivity contribution in [2.24, 2.45) is 0 Å². The molecule has 1 aliphatic rings. The van der Waals surface area contributed by atoms with E-state index in [9.17, 15) is 4.79 Å². The molecule has 20 heavy (non-hydrogen) atoms. The van der Waals surface area contributed by atoms with Gasteiger partial charge in [-0.25, -0.2) is 0 Å². The van der Waals surface area contributed by atoms with Gasteiger partial charge in [0.15, 0.2) is 0 Å². The number of amides is 1. The molecule has 1 amide bonds. The average molecular weight is 289 g/mol. The summed E-state index contributed by atoms with van der Waals surface area (Å²) in [4.78, 5) is 12.0. The van der Waals surface area contributed by atoms with Crippen LogP contribution in [0.4, 0.5) is 5.69 Å². The Morgan fingerprint density at radius 1 is 1.50 bits per heavy atom. The van der Waals surface area contributed by atoms with Crippen molar-refractivity contribution in [2.75, 3.05) is 24.2 Å². The van der Waals surface area contributed by atoms with Gasteiger partial charge in [-0.05, 0) is 44.5 Å². The van der Waals surface area contributed by atoms with Crippen LogP contribution in [0.5, 0.6) is 0 Å². The Morgan fingerprint density at radius 3 is 2.95 bits per heavy atom. The molecular weight excluding hydrogens is 270 g/mol. The summed E-state index contributed by atoms with van der Waals surface area (Å²) >= 11 is 1.71. The molecule has 0 saturated carbocycles. The summed E-state index contributed by atoms with van der Waals surface area (Å²) in [5.74, 6) is 0.416. The highest BCUT2D eigenvalue weighted by Gasteiger charge is 2.15. The normalized spacial score (nSPS) is 15.6. The molecule has 4 nitrogen and oxygen atoms in total. The summed E-state index contributed by atoms with van der Waals surface area (Å²) in [5.41, 5.74) is 2.05. The number of nitrogens with zero attached hydrogens (tertiary/aromatic N) is 1. The van der Waals surface area contributed by atoms with E-state index in [1.54, 1.807) is 17.8 Å². The highest BCUT2D eigenvalue weighted by Crippen LogP contribution is 2.22. The maximum atomic E-state index is 12.0. The molecule has 0 unspecified atom stereocenters. The molecule has 0 aromatic heterocycles. The van der Waals surface area contributed by atoms with Gasteiger partial charge in [0.05, 0.1) is 17.0 Å². The SMILES string of the molecule is Cc1cccc(NC(=O)CSC2CCNCC2)c1C#N. The first-order chi connectivity index (χ1) is 9.70. The zero-order chi connectivity index (χ0) is 14.4. The van der Waals surface area contributed by atoms with Crippen molar-refractivity contribution in [3.05, 3.63) is 29.3 Å². The highest BCUT2D eigenvalue weighted by molar-refractivity contribution is 8.00. The van der Waals surface area contributed by atoms with E-state index in [2.05, 4.69) is 16.7 Å². The van der Waals surface area contributed by atoms with Gasteiger partial charge < -0.3 is 10.6 Å². The van der Waals surface area contributed by atoms with Gasteiger partial charge in [-0.3, -0.25) is 4.79 Å². The van der Waals surface area contributed by atoms with Gasteiger partial charge >= 0.3 is 0 Å². The molecule has 1 fully saturated rings. The summed E-state index contributed by atoms with van der Waals surface area (Å²) in [7, 11) is 0. The molecule has 1 aromatic rings. The molecule has 0 bridgehead atoms. The third-order valence-electron chi connectivity index (χ3n) is 3.39. The molecular formula is C15H19N3OS. The van der Waals surface area contributed by atoms with Crippen LogP contribution in [0.25, 0.3) is 0 Å². The minimum atomic E-state index is -0.0318. The maximum Gasteiger partial charge on any atom is 0.234 e. The second kappa shape index (κ2) is 7.32.